The number of fused-ring (bicyclic) bond motifs is 1. The van der Waals surface area contributed by atoms with Gasteiger partial charge in [-0.1, -0.05) is 50.3 Å². The number of hydrogen-bond acceptors (Lipinski definition) is 11. The maximum Gasteiger partial charge on any atom is 0.266 e. The van der Waals surface area contributed by atoms with Crippen molar-refractivity contribution in [3.63, 3.8) is 0 Å². The highest BCUT2D eigenvalue weighted by molar-refractivity contribution is 6.24. The molecule has 0 aliphatic carbocycles. The molecule has 51 heavy (non-hydrogen) atoms. The fraction of sp³-hybridized carbons (Fsp3) is 0.432. The summed E-state index contributed by atoms with van der Waals surface area (Å²) in [5, 5.41) is 20.7. The Balaban J connectivity index is 0.850. The summed E-state index contributed by atoms with van der Waals surface area (Å²) in [4.78, 5) is 67.9. The monoisotopic (exact) mass is 697 g/mol. The van der Waals surface area contributed by atoms with Crippen LogP contribution >= 0.6 is 0 Å². The normalized spacial score (nSPS) is 17.5. The highest BCUT2D eigenvalue weighted by Crippen LogP contribution is 2.34. The number of para-hydroxylation sites is 1. The molecule has 4 heterocycles. The topological polar surface area (TPSA) is 188 Å². The van der Waals surface area contributed by atoms with Crippen molar-refractivity contribution in [1.29, 1.82) is 0 Å². The number of phenolic OH excluding ortho intramolecular Hbond substituents is 1. The molecule has 1 atom stereocenters. The van der Waals surface area contributed by atoms with Gasteiger partial charge < -0.3 is 25.4 Å². The number of benzene rings is 2. The molecule has 3 aliphatic rings. The number of imide groups is 2. The van der Waals surface area contributed by atoms with Gasteiger partial charge in [0.2, 0.25) is 17.7 Å². The first-order chi connectivity index (χ1) is 24.7. The molecule has 6 rings (SSSR count). The zero-order chi connectivity index (χ0) is 35.9. The molecule has 3 aromatic rings. The van der Waals surface area contributed by atoms with Gasteiger partial charge in [-0.15, -0.1) is 10.2 Å². The number of nitrogens with one attached hydrogen (secondary N) is 1. The number of aromatic hydroxyl groups is 1. The van der Waals surface area contributed by atoms with Gasteiger partial charge in [-0.25, -0.2) is 0 Å². The quantitative estimate of drug-likeness (QED) is 0.165. The van der Waals surface area contributed by atoms with Gasteiger partial charge in [0.15, 0.2) is 5.82 Å². The summed E-state index contributed by atoms with van der Waals surface area (Å²) in [6.07, 6.45) is 7.34. The van der Waals surface area contributed by atoms with Crippen LogP contribution in [0, 0.1) is 0 Å². The molecule has 1 unspecified atom stereocenters. The summed E-state index contributed by atoms with van der Waals surface area (Å²) in [6.45, 7) is 2.85. The number of hydrogen-bond donors (Lipinski definition) is 3. The van der Waals surface area contributed by atoms with E-state index in [0.717, 1.165) is 55.5 Å². The van der Waals surface area contributed by atoms with Gasteiger partial charge in [0.05, 0.1) is 29.1 Å². The average Bonchev–Trinajstić information content (AvgIpc) is 3.39. The van der Waals surface area contributed by atoms with Gasteiger partial charge in [-0.05, 0) is 49.6 Å². The van der Waals surface area contributed by atoms with Crippen LogP contribution in [0.4, 0.5) is 11.5 Å². The number of nitrogen functional groups attached to an aromatic ring is 1. The number of carbonyl (C=O) groups excluding carboxylic acids is 5. The van der Waals surface area contributed by atoms with Crippen molar-refractivity contribution < 1.29 is 33.8 Å². The maximum absolute atomic E-state index is 13.2. The maximum atomic E-state index is 13.2. The Hall–Kier alpha value is -5.53. The van der Waals surface area contributed by atoms with E-state index in [9.17, 15) is 29.1 Å². The summed E-state index contributed by atoms with van der Waals surface area (Å²) in [5.74, 6) is -1.26. The molecule has 4 N–H and O–H groups in total. The van der Waals surface area contributed by atoms with Crippen molar-refractivity contribution in [2.75, 3.05) is 43.4 Å². The Kier molecular flexibility index (Phi) is 11.1. The number of aromatic nitrogens is 2. The van der Waals surface area contributed by atoms with Crippen molar-refractivity contribution in [3.05, 3.63) is 59.7 Å². The zero-order valence-electron chi connectivity index (χ0n) is 28.5. The van der Waals surface area contributed by atoms with Crippen molar-refractivity contribution >= 4 is 41.0 Å². The predicted molar refractivity (Wildman–Crippen MR) is 188 cm³/mol. The SMILES string of the molecule is Nc1nnc(-c2ccccc2O)cc1N1CCN(C(=O)CCCCCCCCCOc2cccc3c2C(=O)N(C2CCC(=O)NC2=O)C3=O)CC1. The van der Waals surface area contributed by atoms with Crippen LogP contribution in [0.2, 0.25) is 0 Å². The van der Waals surface area contributed by atoms with Gasteiger partial charge in [0.25, 0.3) is 11.8 Å². The van der Waals surface area contributed by atoms with Gasteiger partial charge in [-0.3, -0.25) is 34.2 Å². The summed E-state index contributed by atoms with van der Waals surface area (Å²) in [7, 11) is 0. The minimum absolute atomic E-state index is 0.0670. The lowest BCUT2D eigenvalue weighted by atomic mass is 10.0. The highest BCUT2D eigenvalue weighted by atomic mass is 16.5. The molecule has 5 amide bonds. The molecule has 2 aromatic carbocycles. The first kappa shape index (κ1) is 35.3. The lowest BCUT2D eigenvalue weighted by molar-refractivity contribution is -0.136. The second kappa shape index (κ2) is 16.0. The summed E-state index contributed by atoms with van der Waals surface area (Å²) in [6, 6.07) is 12.6. The molecular weight excluding hydrogens is 654 g/mol. The molecular formula is C37H43N7O7. The van der Waals surface area contributed by atoms with Crippen LogP contribution in [-0.2, 0) is 14.4 Å². The lowest BCUT2D eigenvalue weighted by Crippen LogP contribution is -2.54. The molecule has 0 saturated carbocycles. The van der Waals surface area contributed by atoms with Crippen LogP contribution < -0.4 is 20.7 Å². The van der Waals surface area contributed by atoms with Crippen molar-refractivity contribution in [1.82, 2.24) is 25.3 Å². The van der Waals surface area contributed by atoms with E-state index in [-0.39, 0.29) is 35.6 Å². The molecule has 14 heteroatoms. The number of piperazine rings is 1. The smallest absolute Gasteiger partial charge is 0.266 e. The van der Waals surface area contributed by atoms with E-state index in [1.165, 1.54) is 0 Å². The number of unbranched alkanes of at least 4 members (excludes halogenated alkanes) is 6. The Bertz CT molecular complexity index is 1810. The van der Waals surface area contributed by atoms with E-state index in [2.05, 4.69) is 20.4 Å². The predicted octanol–water partition coefficient (Wildman–Crippen LogP) is 3.68. The van der Waals surface area contributed by atoms with Gasteiger partial charge >= 0.3 is 0 Å². The van der Waals surface area contributed by atoms with Crippen LogP contribution in [0.25, 0.3) is 11.3 Å². The molecule has 268 valence electrons. The summed E-state index contributed by atoms with van der Waals surface area (Å²) < 4.78 is 5.92. The summed E-state index contributed by atoms with van der Waals surface area (Å²) in [5.41, 5.74) is 8.39. The Morgan fingerprint density at radius 3 is 2.31 bits per heavy atom. The van der Waals surface area contributed by atoms with Crippen LogP contribution in [0.5, 0.6) is 11.5 Å². The third-order valence-corrected chi connectivity index (χ3v) is 9.68. The Morgan fingerprint density at radius 1 is 0.863 bits per heavy atom. The fourth-order valence-corrected chi connectivity index (χ4v) is 6.87. The molecule has 0 bridgehead atoms. The lowest BCUT2D eigenvalue weighted by Gasteiger charge is -2.36. The second-order valence-corrected chi connectivity index (χ2v) is 13.1. The van der Waals surface area contributed by atoms with E-state index in [4.69, 9.17) is 10.5 Å². The van der Waals surface area contributed by atoms with Crippen molar-refractivity contribution in [2.24, 2.45) is 0 Å². The zero-order valence-corrected chi connectivity index (χ0v) is 28.5. The number of amides is 5. The van der Waals surface area contributed by atoms with Crippen LogP contribution in [-0.4, -0.2) is 93.5 Å². The Labute approximate surface area is 295 Å². The van der Waals surface area contributed by atoms with Gasteiger partial charge in [-0.2, -0.15) is 0 Å². The van der Waals surface area contributed by atoms with E-state index in [1.807, 2.05) is 17.0 Å². The largest absolute Gasteiger partial charge is 0.507 e. The van der Waals surface area contributed by atoms with E-state index < -0.39 is 29.7 Å². The van der Waals surface area contributed by atoms with Crippen LogP contribution in [0.15, 0.2) is 48.5 Å². The minimum Gasteiger partial charge on any atom is -0.507 e. The molecule has 0 radical (unpaired) electrons. The minimum atomic E-state index is -1.01. The molecule has 2 saturated heterocycles. The third-order valence-electron chi connectivity index (χ3n) is 9.68. The highest BCUT2D eigenvalue weighted by Gasteiger charge is 2.46. The number of anilines is 2. The fourth-order valence-electron chi connectivity index (χ4n) is 6.87. The first-order valence-corrected chi connectivity index (χ1v) is 17.6. The number of nitrogens with two attached hydrogens (primary N) is 1. The first-order valence-electron chi connectivity index (χ1n) is 17.6. The van der Waals surface area contributed by atoms with Crippen LogP contribution in [0.1, 0.15) is 84.9 Å². The number of piperidine rings is 1. The molecule has 14 nitrogen and oxygen atoms in total. The number of phenols is 1. The number of rotatable bonds is 14. The third kappa shape index (κ3) is 7.95. The summed E-state index contributed by atoms with van der Waals surface area (Å²) >= 11 is 0. The standard InChI is InChI=1S/C37H43N7O7/c38-34-28(23-26(40-41-34)24-11-7-8-13-29(24)45)42-18-20-43(21-19-42)32(47)15-6-4-2-1-3-5-9-22-51-30-14-10-12-25-33(30)37(50)44(36(25)49)27-16-17-31(46)39-35(27)48/h7-8,10-14,23,27,45H,1-6,9,15-22H2,(H2,38,41)(H,39,46,48). The Morgan fingerprint density at radius 2 is 1.57 bits per heavy atom. The molecule has 0 spiro atoms. The molecule has 3 aliphatic heterocycles. The van der Waals surface area contributed by atoms with E-state index in [1.54, 1.807) is 36.4 Å². The van der Waals surface area contributed by atoms with E-state index in [0.29, 0.717) is 62.0 Å². The number of ether oxygens (including phenoxy) is 1. The van der Waals surface area contributed by atoms with E-state index >= 15 is 0 Å². The molecule has 1 aromatic heterocycles. The van der Waals surface area contributed by atoms with Crippen LogP contribution in [0.3, 0.4) is 0 Å². The van der Waals surface area contributed by atoms with Crippen molar-refractivity contribution in [2.45, 2.75) is 70.3 Å². The van der Waals surface area contributed by atoms with Crippen molar-refractivity contribution in [3.8, 4) is 22.8 Å². The van der Waals surface area contributed by atoms with Gasteiger partial charge in [0.1, 0.15) is 17.5 Å². The van der Waals surface area contributed by atoms with Gasteiger partial charge in [0, 0.05) is 44.6 Å². The second-order valence-electron chi connectivity index (χ2n) is 13.1. The average molecular weight is 698 g/mol. The number of carbonyl (C=O) groups is 5. The molecule has 2 fully saturated rings. The number of nitrogens with zero attached hydrogens (tertiary/aromatic N) is 5.